The highest BCUT2D eigenvalue weighted by Gasteiger charge is 2.23. The Kier molecular flexibility index (Phi) is 4.57. The fourth-order valence-corrected chi connectivity index (χ4v) is 1.99. The summed E-state index contributed by atoms with van der Waals surface area (Å²) in [6, 6.07) is 6.20. The van der Waals surface area contributed by atoms with Crippen LogP contribution < -0.4 is 5.73 Å². The first-order chi connectivity index (χ1) is 8.57. The molecule has 19 heavy (non-hydrogen) atoms. The fourth-order valence-electron chi connectivity index (χ4n) is 1.99. The highest BCUT2D eigenvalue weighted by atomic mass is 16.1. The maximum Gasteiger partial charge on any atom is 0.163 e. The second kappa shape index (κ2) is 5.46. The van der Waals surface area contributed by atoms with Gasteiger partial charge in [-0.2, -0.15) is 0 Å². The molecule has 0 fully saturated rings. The van der Waals surface area contributed by atoms with E-state index in [-0.39, 0.29) is 16.6 Å². The SMILES string of the molecule is Cc1ccc(C(C)(C)C)cc1C(=O)CC(C)(C)CN. The summed E-state index contributed by atoms with van der Waals surface area (Å²) < 4.78 is 0. The van der Waals surface area contributed by atoms with Crippen molar-refractivity contribution in [1.82, 2.24) is 0 Å². The molecule has 106 valence electrons. The number of benzene rings is 1. The Morgan fingerprint density at radius 1 is 1.16 bits per heavy atom. The molecule has 1 aromatic carbocycles. The smallest absolute Gasteiger partial charge is 0.163 e. The van der Waals surface area contributed by atoms with Crippen LogP contribution in [0.25, 0.3) is 0 Å². The molecule has 0 unspecified atom stereocenters. The zero-order chi connectivity index (χ0) is 14.8. The first-order valence-corrected chi connectivity index (χ1v) is 6.91. The van der Waals surface area contributed by atoms with Crippen LogP contribution in [0.2, 0.25) is 0 Å². The molecule has 0 bridgehead atoms. The maximum absolute atomic E-state index is 12.5. The van der Waals surface area contributed by atoms with Crippen LogP contribution in [0.5, 0.6) is 0 Å². The molecule has 0 heterocycles. The number of aryl methyl sites for hydroxylation is 1. The van der Waals surface area contributed by atoms with Crippen molar-refractivity contribution in [1.29, 1.82) is 0 Å². The summed E-state index contributed by atoms with van der Waals surface area (Å²) in [6.07, 6.45) is 0.498. The van der Waals surface area contributed by atoms with Gasteiger partial charge < -0.3 is 5.73 Å². The lowest BCUT2D eigenvalue weighted by Crippen LogP contribution is -2.27. The summed E-state index contributed by atoms with van der Waals surface area (Å²) in [7, 11) is 0. The number of hydrogen-bond donors (Lipinski definition) is 1. The second-order valence-electron chi connectivity index (χ2n) is 7.25. The van der Waals surface area contributed by atoms with Crippen molar-refractivity contribution in [3.63, 3.8) is 0 Å². The van der Waals surface area contributed by atoms with Gasteiger partial charge in [-0.1, -0.05) is 46.8 Å². The predicted octanol–water partition coefficient (Wildman–Crippen LogP) is 3.85. The Bertz CT molecular complexity index is 467. The molecule has 0 saturated heterocycles. The Morgan fingerprint density at radius 3 is 2.21 bits per heavy atom. The summed E-state index contributed by atoms with van der Waals surface area (Å²) >= 11 is 0. The van der Waals surface area contributed by atoms with Crippen molar-refractivity contribution in [2.45, 2.75) is 53.4 Å². The molecule has 0 amide bonds. The molecule has 0 atom stereocenters. The van der Waals surface area contributed by atoms with Crippen molar-refractivity contribution in [2.75, 3.05) is 6.54 Å². The van der Waals surface area contributed by atoms with Gasteiger partial charge >= 0.3 is 0 Å². The molecule has 1 aromatic rings. The maximum atomic E-state index is 12.5. The zero-order valence-electron chi connectivity index (χ0n) is 13.1. The van der Waals surface area contributed by atoms with Crippen LogP contribution in [0.15, 0.2) is 18.2 Å². The van der Waals surface area contributed by atoms with Crippen LogP contribution in [-0.2, 0) is 5.41 Å². The lowest BCUT2D eigenvalue weighted by Gasteiger charge is -2.23. The molecule has 0 aliphatic heterocycles. The van der Waals surface area contributed by atoms with E-state index in [0.29, 0.717) is 13.0 Å². The van der Waals surface area contributed by atoms with E-state index in [1.807, 2.05) is 32.9 Å². The lowest BCUT2D eigenvalue weighted by atomic mass is 9.81. The van der Waals surface area contributed by atoms with Crippen molar-refractivity contribution in [2.24, 2.45) is 11.1 Å². The minimum absolute atomic E-state index is 0.0616. The quantitative estimate of drug-likeness (QED) is 0.837. The van der Waals surface area contributed by atoms with Gasteiger partial charge in [-0.3, -0.25) is 4.79 Å². The number of rotatable bonds is 4. The molecule has 2 nitrogen and oxygen atoms in total. The third-order valence-corrected chi connectivity index (χ3v) is 3.60. The van der Waals surface area contributed by atoms with Crippen molar-refractivity contribution in [3.05, 3.63) is 34.9 Å². The van der Waals surface area contributed by atoms with Crippen molar-refractivity contribution in [3.8, 4) is 0 Å². The van der Waals surface area contributed by atoms with Gasteiger partial charge in [0.25, 0.3) is 0 Å². The van der Waals surface area contributed by atoms with Crippen LogP contribution in [0.4, 0.5) is 0 Å². The summed E-state index contributed by atoms with van der Waals surface area (Å²) in [6.45, 7) is 13.1. The van der Waals surface area contributed by atoms with Gasteiger partial charge in [0.1, 0.15) is 0 Å². The molecular weight excluding hydrogens is 234 g/mol. The average Bonchev–Trinajstić information content (AvgIpc) is 2.27. The summed E-state index contributed by atoms with van der Waals surface area (Å²) in [4.78, 5) is 12.5. The van der Waals surface area contributed by atoms with Crippen LogP contribution in [0.3, 0.4) is 0 Å². The van der Waals surface area contributed by atoms with E-state index in [0.717, 1.165) is 11.1 Å². The van der Waals surface area contributed by atoms with E-state index in [9.17, 15) is 4.79 Å². The van der Waals surface area contributed by atoms with Gasteiger partial charge in [-0.15, -0.1) is 0 Å². The topological polar surface area (TPSA) is 43.1 Å². The van der Waals surface area contributed by atoms with E-state index >= 15 is 0 Å². The van der Waals surface area contributed by atoms with Crippen LogP contribution in [-0.4, -0.2) is 12.3 Å². The minimum atomic E-state index is -0.138. The number of carbonyl (C=O) groups excluding carboxylic acids is 1. The number of ketones is 1. The molecule has 0 spiro atoms. The Labute approximate surface area is 117 Å². The molecule has 0 saturated carbocycles. The minimum Gasteiger partial charge on any atom is -0.330 e. The highest BCUT2D eigenvalue weighted by Crippen LogP contribution is 2.27. The normalized spacial score (nSPS) is 12.6. The van der Waals surface area contributed by atoms with Gasteiger partial charge in [-0.05, 0) is 41.5 Å². The van der Waals surface area contributed by atoms with Crippen LogP contribution in [0, 0.1) is 12.3 Å². The van der Waals surface area contributed by atoms with E-state index in [1.165, 1.54) is 5.56 Å². The number of carbonyl (C=O) groups is 1. The van der Waals surface area contributed by atoms with Gasteiger partial charge in [0.05, 0.1) is 0 Å². The molecule has 0 radical (unpaired) electrons. The van der Waals surface area contributed by atoms with E-state index in [2.05, 4.69) is 26.8 Å². The van der Waals surface area contributed by atoms with E-state index < -0.39 is 0 Å². The average molecular weight is 261 g/mol. The number of nitrogens with two attached hydrogens (primary N) is 1. The molecule has 0 aliphatic rings. The Morgan fingerprint density at radius 2 is 1.74 bits per heavy atom. The van der Waals surface area contributed by atoms with Gasteiger partial charge in [0.2, 0.25) is 0 Å². The van der Waals surface area contributed by atoms with Crippen LogP contribution in [0.1, 0.15) is 62.5 Å². The second-order valence-corrected chi connectivity index (χ2v) is 7.25. The summed E-state index contributed by atoms with van der Waals surface area (Å²) in [5.41, 5.74) is 8.73. The lowest BCUT2D eigenvalue weighted by molar-refractivity contribution is 0.0934. The van der Waals surface area contributed by atoms with Crippen molar-refractivity contribution >= 4 is 5.78 Å². The fraction of sp³-hybridized carbons (Fsp3) is 0.588. The molecular formula is C17H27NO. The third-order valence-electron chi connectivity index (χ3n) is 3.60. The third kappa shape index (κ3) is 4.17. The molecule has 0 aromatic heterocycles. The molecule has 0 aliphatic carbocycles. The van der Waals surface area contributed by atoms with Gasteiger partial charge in [0.15, 0.2) is 5.78 Å². The number of Topliss-reactive ketones (excluding diaryl/α,β-unsaturated/α-hetero) is 1. The predicted molar refractivity (Wildman–Crippen MR) is 81.7 cm³/mol. The Hall–Kier alpha value is -1.15. The van der Waals surface area contributed by atoms with E-state index in [1.54, 1.807) is 0 Å². The van der Waals surface area contributed by atoms with Gasteiger partial charge in [0, 0.05) is 12.0 Å². The van der Waals surface area contributed by atoms with Crippen molar-refractivity contribution < 1.29 is 4.79 Å². The first-order valence-electron chi connectivity index (χ1n) is 6.91. The molecule has 2 heteroatoms. The number of hydrogen-bond acceptors (Lipinski definition) is 2. The monoisotopic (exact) mass is 261 g/mol. The van der Waals surface area contributed by atoms with Gasteiger partial charge in [-0.25, -0.2) is 0 Å². The van der Waals surface area contributed by atoms with Crippen LogP contribution >= 0.6 is 0 Å². The molecule has 1 rings (SSSR count). The Balaban J connectivity index is 3.10. The van der Waals surface area contributed by atoms with E-state index in [4.69, 9.17) is 5.73 Å². The summed E-state index contributed by atoms with van der Waals surface area (Å²) in [5, 5.41) is 0. The highest BCUT2D eigenvalue weighted by molar-refractivity contribution is 5.98. The first kappa shape index (κ1) is 15.9. The standard InChI is InChI=1S/C17H27NO/c1-12-7-8-13(16(2,3)4)9-14(12)15(19)10-17(5,6)11-18/h7-9H,10-11,18H2,1-6H3. The summed E-state index contributed by atoms with van der Waals surface area (Å²) in [5.74, 6) is 0.194. The largest absolute Gasteiger partial charge is 0.330 e. The molecule has 2 N–H and O–H groups in total. The zero-order valence-corrected chi connectivity index (χ0v) is 13.1.